The molecule has 1 heterocycles. The van der Waals surface area contributed by atoms with Gasteiger partial charge >= 0.3 is 5.97 Å². The average molecular weight is 290 g/mol. The van der Waals surface area contributed by atoms with Crippen LogP contribution in [0.15, 0.2) is 30.3 Å². The second-order valence-corrected chi connectivity index (χ2v) is 5.72. The third-order valence-electron chi connectivity index (χ3n) is 3.93. The van der Waals surface area contributed by atoms with E-state index in [0.717, 1.165) is 39.3 Å². The lowest BCUT2D eigenvalue weighted by Gasteiger charge is -2.35. The molecule has 4 nitrogen and oxygen atoms in total. The van der Waals surface area contributed by atoms with E-state index < -0.39 is 0 Å². The van der Waals surface area contributed by atoms with E-state index >= 15 is 0 Å². The van der Waals surface area contributed by atoms with Crippen molar-refractivity contribution in [1.82, 2.24) is 9.80 Å². The number of benzene rings is 1. The Hall–Kier alpha value is -1.39. The lowest BCUT2D eigenvalue weighted by Crippen LogP contribution is -2.47. The molecule has 1 atom stereocenters. The van der Waals surface area contributed by atoms with Gasteiger partial charge in [-0.3, -0.25) is 14.6 Å². The van der Waals surface area contributed by atoms with Gasteiger partial charge in [0.25, 0.3) is 0 Å². The van der Waals surface area contributed by atoms with Crippen LogP contribution in [0.5, 0.6) is 0 Å². The maximum absolute atomic E-state index is 11.7. The summed E-state index contributed by atoms with van der Waals surface area (Å²) in [6, 6.07) is 10.6. The second-order valence-electron chi connectivity index (χ2n) is 5.72. The summed E-state index contributed by atoms with van der Waals surface area (Å²) >= 11 is 0. The van der Waals surface area contributed by atoms with Crippen LogP contribution in [0, 0.1) is 5.92 Å². The van der Waals surface area contributed by atoms with Crippen molar-refractivity contribution in [3.63, 3.8) is 0 Å². The van der Waals surface area contributed by atoms with Crippen LogP contribution < -0.4 is 0 Å². The van der Waals surface area contributed by atoms with Crippen molar-refractivity contribution in [2.75, 3.05) is 39.3 Å². The second kappa shape index (κ2) is 8.15. The third kappa shape index (κ3) is 5.14. The van der Waals surface area contributed by atoms with Gasteiger partial charge in [-0.05, 0) is 12.5 Å². The molecule has 0 saturated carbocycles. The summed E-state index contributed by atoms with van der Waals surface area (Å²) in [5.41, 5.74) is 1.37. The smallest absolute Gasteiger partial charge is 0.309 e. The molecule has 0 aliphatic carbocycles. The van der Waals surface area contributed by atoms with Crippen molar-refractivity contribution < 1.29 is 9.53 Å². The molecule has 0 spiro atoms. The fourth-order valence-corrected chi connectivity index (χ4v) is 2.72. The zero-order valence-corrected chi connectivity index (χ0v) is 13.1. The molecule has 0 radical (unpaired) electrons. The maximum atomic E-state index is 11.7. The summed E-state index contributed by atoms with van der Waals surface area (Å²) in [6.45, 7) is 10.3. The Morgan fingerprint density at radius 1 is 1.14 bits per heavy atom. The summed E-state index contributed by atoms with van der Waals surface area (Å²) in [5.74, 6) is -0.116. The Bertz CT molecular complexity index is 428. The Labute approximate surface area is 127 Å². The lowest BCUT2D eigenvalue weighted by atomic mass is 10.1. The maximum Gasteiger partial charge on any atom is 0.309 e. The number of piperazine rings is 1. The highest BCUT2D eigenvalue weighted by Gasteiger charge is 2.22. The number of hydrogen-bond donors (Lipinski definition) is 0. The highest BCUT2D eigenvalue weighted by Crippen LogP contribution is 2.10. The van der Waals surface area contributed by atoms with Gasteiger partial charge in [0, 0.05) is 39.3 Å². The van der Waals surface area contributed by atoms with E-state index in [1.54, 1.807) is 0 Å². The highest BCUT2D eigenvalue weighted by atomic mass is 16.5. The molecule has 2 rings (SSSR count). The number of carbonyl (C=O) groups excluding carboxylic acids is 1. The number of hydrogen-bond acceptors (Lipinski definition) is 4. The van der Waals surface area contributed by atoms with Crippen molar-refractivity contribution in [2.24, 2.45) is 5.92 Å². The predicted molar refractivity (Wildman–Crippen MR) is 84.0 cm³/mol. The first-order valence-corrected chi connectivity index (χ1v) is 7.84. The van der Waals surface area contributed by atoms with E-state index in [9.17, 15) is 4.79 Å². The van der Waals surface area contributed by atoms with Crippen LogP contribution in [0.3, 0.4) is 0 Å². The van der Waals surface area contributed by atoms with Crippen molar-refractivity contribution >= 4 is 5.97 Å². The minimum atomic E-state index is -0.0794. The Morgan fingerprint density at radius 2 is 1.76 bits per heavy atom. The molecule has 1 aliphatic heterocycles. The molecule has 1 aliphatic rings. The van der Waals surface area contributed by atoms with Gasteiger partial charge in [-0.1, -0.05) is 37.3 Å². The Kier molecular flexibility index (Phi) is 6.21. The largest absolute Gasteiger partial charge is 0.466 e. The number of esters is 1. The highest BCUT2D eigenvalue weighted by molar-refractivity contribution is 5.72. The summed E-state index contributed by atoms with van der Waals surface area (Å²) in [6.07, 6.45) is 0. The Balaban J connectivity index is 1.72. The molecule has 21 heavy (non-hydrogen) atoms. The van der Waals surface area contributed by atoms with E-state index in [4.69, 9.17) is 4.74 Å². The lowest BCUT2D eigenvalue weighted by molar-refractivity contribution is -0.148. The van der Waals surface area contributed by atoms with E-state index in [-0.39, 0.29) is 11.9 Å². The first-order chi connectivity index (χ1) is 10.2. The summed E-state index contributed by atoms with van der Waals surface area (Å²) < 4.78 is 5.07. The average Bonchev–Trinajstić information content (AvgIpc) is 2.50. The molecule has 0 bridgehead atoms. The van der Waals surface area contributed by atoms with Gasteiger partial charge < -0.3 is 4.74 Å². The van der Waals surface area contributed by atoms with Crippen LogP contribution in [0.2, 0.25) is 0 Å². The molecule has 0 N–H and O–H groups in total. The van der Waals surface area contributed by atoms with E-state index in [1.165, 1.54) is 5.56 Å². The van der Waals surface area contributed by atoms with Crippen molar-refractivity contribution in [2.45, 2.75) is 20.4 Å². The fraction of sp³-hybridized carbons (Fsp3) is 0.588. The SMILES string of the molecule is CCOC(=O)C(C)CN1CCN(Cc2ccccc2)CC1. The standard InChI is InChI=1S/C17H26N2O2/c1-3-21-17(20)15(2)13-18-9-11-19(12-10-18)14-16-7-5-4-6-8-16/h4-8,15H,3,9-14H2,1-2H3. The van der Waals surface area contributed by atoms with Crippen LogP contribution in [0.25, 0.3) is 0 Å². The summed E-state index contributed by atoms with van der Waals surface area (Å²) in [5, 5.41) is 0. The zero-order valence-electron chi connectivity index (χ0n) is 13.1. The van der Waals surface area contributed by atoms with Crippen LogP contribution in [-0.4, -0.2) is 55.1 Å². The van der Waals surface area contributed by atoms with Crippen molar-refractivity contribution in [3.05, 3.63) is 35.9 Å². The number of carbonyl (C=O) groups is 1. The monoisotopic (exact) mass is 290 g/mol. The van der Waals surface area contributed by atoms with Gasteiger partial charge in [-0.25, -0.2) is 0 Å². The molecule has 4 heteroatoms. The fourth-order valence-electron chi connectivity index (χ4n) is 2.72. The van der Waals surface area contributed by atoms with Crippen LogP contribution >= 0.6 is 0 Å². The van der Waals surface area contributed by atoms with Crippen LogP contribution in [0.4, 0.5) is 0 Å². The van der Waals surface area contributed by atoms with E-state index in [2.05, 4.69) is 40.1 Å². The Morgan fingerprint density at radius 3 is 2.38 bits per heavy atom. The number of nitrogens with zero attached hydrogens (tertiary/aromatic N) is 2. The van der Waals surface area contributed by atoms with Gasteiger partial charge in [0.1, 0.15) is 0 Å². The molecule has 1 saturated heterocycles. The van der Waals surface area contributed by atoms with Gasteiger partial charge in [0.2, 0.25) is 0 Å². The topological polar surface area (TPSA) is 32.8 Å². The molecule has 0 aromatic heterocycles. The molecular formula is C17H26N2O2. The normalized spacial score (nSPS) is 18.4. The first kappa shape index (κ1) is 16.0. The predicted octanol–water partition coefficient (Wildman–Crippen LogP) is 2.00. The molecular weight excluding hydrogens is 264 g/mol. The van der Waals surface area contributed by atoms with Crippen molar-refractivity contribution in [1.29, 1.82) is 0 Å². The third-order valence-corrected chi connectivity index (χ3v) is 3.93. The molecule has 1 aromatic carbocycles. The van der Waals surface area contributed by atoms with Crippen LogP contribution in [0.1, 0.15) is 19.4 Å². The summed E-state index contributed by atoms with van der Waals surface area (Å²) in [7, 11) is 0. The van der Waals surface area contributed by atoms with E-state index in [1.807, 2.05) is 13.8 Å². The first-order valence-electron chi connectivity index (χ1n) is 7.84. The van der Waals surface area contributed by atoms with E-state index in [0.29, 0.717) is 6.61 Å². The molecule has 116 valence electrons. The number of rotatable bonds is 6. The minimum Gasteiger partial charge on any atom is -0.466 e. The molecule has 1 aromatic rings. The van der Waals surface area contributed by atoms with Crippen LogP contribution in [-0.2, 0) is 16.1 Å². The van der Waals surface area contributed by atoms with Gasteiger partial charge in [-0.15, -0.1) is 0 Å². The van der Waals surface area contributed by atoms with Gasteiger partial charge in [0.05, 0.1) is 12.5 Å². The molecule has 0 amide bonds. The molecule has 1 fully saturated rings. The summed E-state index contributed by atoms with van der Waals surface area (Å²) in [4.78, 5) is 16.5. The minimum absolute atomic E-state index is 0.0365. The molecule has 1 unspecified atom stereocenters. The van der Waals surface area contributed by atoms with Gasteiger partial charge in [-0.2, -0.15) is 0 Å². The van der Waals surface area contributed by atoms with Crippen molar-refractivity contribution in [3.8, 4) is 0 Å². The van der Waals surface area contributed by atoms with Gasteiger partial charge in [0.15, 0.2) is 0 Å². The quantitative estimate of drug-likeness (QED) is 0.750. The zero-order chi connectivity index (χ0) is 15.1. The number of ether oxygens (including phenoxy) is 1.